The Morgan fingerprint density at radius 3 is 2.55 bits per heavy atom. The summed E-state index contributed by atoms with van der Waals surface area (Å²) in [5.41, 5.74) is 2.31. The molecule has 0 amide bonds. The van der Waals surface area contributed by atoms with Gasteiger partial charge in [-0.05, 0) is 29.8 Å². The van der Waals surface area contributed by atoms with E-state index in [0.717, 1.165) is 49.1 Å². The maximum atomic E-state index is 13.5. The molecule has 158 valence electrons. The molecule has 29 heavy (non-hydrogen) atoms. The first kappa shape index (κ1) is 23.2. The van der Waals surface area contributed by atoms with Crippen LogP contribution in [-0.4, -0.2) is 56.3 Å². The lowest BCUT2D eigenvalue weighted by Crippen LogP contribution is -2.52. The summed E-state index contributed by atoms with van der Waals surface area (Å²) in [4.78, 5) is 8.91. The monoisotopic (exact) mass is 514 g/mol. The van der Waals surface area contributed by atoms with Crippen LogP contribution < -0.4 is 15.0 Å². The molecule has 2 aromatic carbocycles. The Bertz CT molecular complexity index is 826. The molecule has 1 heterocycles. The number of guanidine groups is 1. The Hall–Kier alpha value is -2.07. The molecular formula is C21H28FIN4O2. The first-order valence-electron chi connectivity index (χ1n) is 9.38. The van der Waals surface area contributed by atoms with Crippen LogP contribution in [0.1, 0.15) is 11.1 Å². The maximum absolute atomic E-state index is 13.5. The molecule has 0 saturated carbocycles. The molecule has 3 rings (SSSR count). The molecule has 1 aliphatic heterocycles. The van der Waals surface area contributed by atoms with Crippen molar-refractivity contribution in [2.24, 2.45) is 4.99 Å². The molecule has 0 bridgehead atoms. The van der Waals surface area contributed by atoms with Crippen LogP contribution in [0.15, 0.2) is 47.5 Å². The van der Waals surface area contributed by atoms with Crippen molar-refractivity contribution >= 4 is 35.6 Å². The molecule has 1 fully saturated rings. The van der Waals surface area contributed by atoms with E-state index in [1.165, 1.54) is 6.07 Å². The van der Waals surface area contributed by atoms with Crippen molar-refractivity contribution in [2.75, 3.05) is 45.2 Å². The second kappa shape index (κ2) is 11.2. The zero-order valence-electron chi connectivity index (χ0n) is 16.8. The van der Waals surface area contributed by atoms with Gasteiger partial charge in [0.25, 0.3) is 0 Å². The highest BCUT2D eigenvalue weighted by Crippen LogP contribution is 2.28. The van der Waals surface area contributed by atoms with E-state index >= 15 is 0 Å². The number of nitrogens with zero attached hydrogens (tertiary/aromatic N) is 3. The van der Waals surface area contributed by atoms with Gasteiger partial charge >= 0.3 is 0 Å². The number of rotatable bonds is 5. The lowest BCUT2D eigenvalue weighted by molar-refractivity contribution is 0.275. The molecule has 1 saturated heterocycles. The fourth-order valence-corrected chi connectivity index (χ4v) is 3.42. The number of hydrogen-bond acceptors (Lipinski definition) is 4. The molecule has 0 aliphatic carbocycles. The highest BCUT2D eigenvalue weighted by molar-refractivity contribution is 14.0. The van der Waals surface area contributed by atoms with E-state index in [9.17, 15) is 9.50 Å². The molecule has 6 nitrogen and oxygen atoms in total. The van der Waals surface area contributed by atoms with Crippen molar-refractivity contribution in [3.05, 3.63) is 59.4 Å². The van der Waals surface area contributed by atoms with Gasteiger partial charge in [0.1, 0.15) is 11.6 Å². The third-order valence-corrected chi connectivity index (χ3v) is 4.95. The van der Waals surface area contributed by atoms with Gasteiger partial charge in [0.15, 0.2) is 5.96 Å². The summed E-state index contributed by atoms with van der Waals surface area (Å²) in [5, 5.41) is 12.6. The average Bonchev–Trinajstić information content (AvgIpc) is 2.75. The fraction of sp³-hybridized carbons (Fsp3) is 0.381. The van der Waals surface area contributed by atoms with E-state index < -0.39 is 0 Å². The second-order valence-corrected chi connectivity index (χ2v) is 6.63. The van der Waals surface area contributed by atoms with Gasteiger partial charge in [0.2, 0.25) is 0 Å². The van der Waals surface area contributed by atoms with Crippen LogP contribution in [0.2, 0.25) is 0 Å². The third kappa shape index (κ3) is 5.72. The average molecular weight is 514 g/mol. The van der Waals surface area contributed by atoms with Gasteiger partial charge in [0.05, 0.1) is 19.4 Å². The summed E-state index contributed by atoms with van der Waals surface area (Å²) in [5.74, 6) is 1.31. The number of aliphatic hydroxyl groups is 1. The first-order chi connectivity index (χ1) is 13.7. The number of methoxy groups -OCH3 is 1. The largest absolute Gasteiger partial charge is 0.495 e. The van der Waals surface area contributed by atoms with Crippen LogP contribution in [0.4, 0.5) is 10.1 Å². The maximum Gasteiger partial charge on any atom is 0.194 e. The summed E-state index contributed by atoms with van der Waals surface area (Å²) >= 11 is 0. The smallest absolute Gasteiger partial charge is 0.194 e. The van der Waals surface area contributed by atoms with Gasteiger partial charge < -0.3 is 25.0 Å². The summed E-state index contributed by atoms with van der Waals surface area (Å²) in [7, 11) is 3.46. The topological polar surface area (TPSA) is 60.3 Å². The minimum absolute atomic E-state index is 0. The lowest BCUT2D eigenvalue weighted by Gasteiger charge is -2.38. The highest BCUT2D eigenvalue weighted by atomic mass is 127. The second-order valence-electron chi connectivity index (χ2n) is 6.63. The van der Waals surface area contributed by atoms with E-state index in [1.807, 2.05) is 18.2 Å². The van der Waals surface area contributed by atoms with Gasteiger partial charge in [-0.2, -0.15) is 0 Å². The lowest BCUT2D eigenvalue weighted by atomic mass is 10.1. The van der Waals surface area contributed by atoms with E-state index in [-0.39, 0.29) is 36.4 Å². The Morgan fingerprint density at radius 2 is 1.90 bits per heavy atom. The number of aliphatic hydroxyl groups excluding tert-OH is 1. The number of benzene rings is 2. The van der Waals surface area contributed by atoms with E-state index in [0.29, 0.717) is 12.1 Å². The number of hydrogen-bond donors (Lipinski definition) is 2. The number of para-hydroxylation sites is 2. The molecule has 2 aromatic rings. The Balaban J connectivity index is 0.00000300. The van der Waals surface area contributed by atoms with Crippen molar-refractivity contribution < 1.29 is 14.2 Å². The number of nitrogens with one attached hydrogen (secondary N) is 1. The van der Waals surface area contributed by atoms with E-state index in [4.69, 9.17) is 4.74 Å². The van der Waals surface area contributed by atoms with Gasteiger partial charge in [-0.3, -0.25) is 4.99 Å². The molecule has 2 N–H and O–H groups in total. The van der Waals surface area contributed by atoms with Crippen molar-refractivity contribution in [1.82, 2.24) is 10.2 Å². The van der Waals surface area contributed by atoms with Crippen LogP contribution in [0.25, 0.3) is 0 Å². The minimum atomic E-state index is -0.386. The van der Waals surface area contributed by atoms with Gasteiger partial charge in [-0.15, -0.1) is 24.0 Å². The molecule has 1 aliphatic rings. The van der Waals surface area contributed by atoms with Crippen LogP contribution in [0.5, 0.6) is 5.75 Å². The quantitative estimate of drug-likeness (QED) is 0.365. The standard InChI is InChI=1S/C21H27FN4O2.HI/c1-23-21(24-14-16-7-8-18(22)17(13-16)15-27)26-11-9-25(10-12-26)19-5-3-4-6-20(19)28-2;/h3-8,13,27H,9-12,14-15H2,1-2H3,(H,23,24);1H. The molecule has 8 heteroatoms. The van der Waals surface area contributed by atoms with Crippen LogP contribution >= 0.6 is 24.0 Å². The van der Waals surface area contributed by atoms with Crippen molar-refractivity contribution in [3.63, 3.8) is 0 Å². The van der Waals surface area contributed by atoms with Crippen LogP contribution in [0, 0.1) is 5.82 Å². The summed E-state index contributed by atoms with van der Waals surface area (Å²) < 4.78 is 19.0. The Kier molecular flexibility index (Phi) is 8.97. The number of ether oxygens (including phenoxy) is 1. The van der Waals surface area contributed by atoms with Crippen molar-refractivity contribution in [3.8, 4) is 5.75 Å². The molecule has 0 spiro atoms. The summed E-state index contributed by atoms with van der Waals surface area (Å²) in [6.45, 7) is 3.62. The van der Waals surface area contributed by atoms with Crippen molar-refractivity contribution in [2.45, 2.75) is 13.2 Å². The molecular weight excluding hydrogens is 486 g/mol. The fourth-order valence-electron chi connectivity index (χ4n) is 3.42. The predicted octanol–water partition coefficient (Wildman–Crippen LogP) is 2.84. The van der Waals surface area contributed by atoms with E-state index in [1.54, 1.807) is 26.3 Å². The van der Waals surface area contributed by atoms with Crippen LogP contribution in [0.3, 0.4) is 0 Å². The zero-order chi connectivity index (χ0) is 19.9. The summed E-state index contributed by atoms with van der Waals surface area (Å²) in [6, 6.07) is 12.8. The predicted molar refractivity (Wildman–Crippen MR) is 125 cm³/mol. The molecule has 0 atom stereocenters. The number of piperazine rings is 1. The highest BCUT2D eigenvalue weighted by Gasteiger charge is 2.21. The van der Waals surface area contributed by atoms with Crippen molar-refractivity contribution in [1.29, 1.82) is 0 Å². The van der Waals surface area contributed by atoms with Crippen LogP contribution in [-0.2, 0) is 13.2 Å². The van der Waals surface area contributed by atoms with Gasteiger partial charge in [-0.1, -0.05) is 18.2 Å². The third-order valence-electron chi connectivity index (χ3n) is 4.95. The Morgan fingerprint density at radius 1 is 1.17 bits per heavy atom. The van der Waals surface area contributed by atoms with Gasteiger partial charge in [-0.25, -0.2) is 4.39 Å². The molecule has 0 aromatic heterocycles. The van der Waals surface area contributed by atoms with E-state index in [2.05, 4.69) is 26.2 Å². The Labute approximate surface area is 188 Å². The SMILES string of the molecule is CN=C(NCc1ccc(F)c(CO)c1)N1CCN(c2ccccc2OC)CC1.I. The first-order valence-corrected chi connectivity index (χ1v) is 9.38. The number of anilines is 1. The molecule has 0 unspecified atom stereocenters. The number of halogens is 2. The number of aliphatic imine (C=N–C) groups is 1. The normalized spacial score (nSPS) is 14.4. The van der Waals surface area contributed by atoms with Gasteiger partial charge in [0, 0.05) is 45.3 Å². The molecule has 0 radical (unpaired) electrons. The minimum Gasteiger partial charge on any atom is -0.495 e. The zero-order valence-corrected chi connectivity index (χ0v) is 19.1. The summed E-state index contributed by atoms with van der Waals surface area (Å²) in [6.07, 6.45) is 0.